The second kappa shape index (κ2) is 6.94. The molecule has 6 heteroatoms. The predicted molar refractivity (Wildman–Crippen MR) is 87.6 cm³/mol. The minimum Gasteiger partial charge on any atom is -0.470 e. The van der Waals surface area contributed by atoms with E-state index in [1.807, 2.05) is 31.2 Å². The van der Waals surface area contributed by atoms with Crippen LogP contribution in [0.3, 0.4) is 0 Å². The second-order valence-electron chi connectivity index (χ2n) is 5.21. The van der Waals surface area contributed by atoms with E-state index in [9.17, 15) is 0 Å². The van der Waals surface area contributed by atoms with Crippen molar-refractivity contribution in [3.05, 3.63) is 47.1 Å². The van der Waals surface area contributed by atoms with E-state index in [-0.39, 0.29) is 6.10 Å². The van der Waals surface area contributed by atoms with Gasteiger partial charge < -0.3 is 15.0 Å². The molecule has 0 saturated carbocycles. The van der Waals surface area contributed by atoms with Crippen molar-refractivity contribution >= 4 is 17.5 Å². The molecule has 0 aliphatic carbocycles. The van der Waals surface area contributed by atoms with Crippen LogP contribution < -0.4 is 15.0 Å². The zero-order valence-corrected chi connectivity index (χ0v) is 13.3. The molecule has 1 unspecified atom stereocenters. The lowest BCUT2D eigenvalue weighted by Gasteiger charge is -2.27. The van der Waals surface area contributed by atoms with Crippen molar-refractivity contribution < 1.29 is 4.74 Å². The number of nitrogens with one attached hydrogen (secondary N) is 1. The molecule has 0 amide bonds. The number of halogens is 1. The number of nitrogens with zero attached hydrogens (tertiary/aromatic N) is 3. The number of aromatic nitrogens is 2. The fourth-order valence-corrected chi connectivity index (χ4v) is 2.75. The molecule has 1 saturated heterocycles. The summed E-state index contributed by atoms with van der Waals surface area (Å²) in [5.74, 6) is 1.28. The summed E-state index contributed by atoms with van der Waals surface area (Å²) in [4.78, 5) is 11.0. The van der Waals surface area contributed by atoms with E-state index < -0.39 is 0 Å². The van der Waals surface area contributed by atoms with E-state index in [0.29, 0.717) is 16.9 Å². The topological polar surface area (TPSA) is 50.3 Å². The summed E-state index contributed by atoms with van der Waals surface area (Å²) < 4.78 is 5.93. The van der Waals surface area contributed by atoms with Crippen LogP contribution in [0, 0.1) is 0 Å². The lowest BCUT2D eigenvalue weighted by Crippen LogP contribution is -2.44. The van der Waals surface area contributed by atoms with Gasteiger partial charge in [-0.25, -0.2) is 4.98 Å². The zero-order valence-electron chi connectivity index (χ0n) is 12.5. The van der Waals surface area contributed by atoms with Crippen LogP contribution in [0.4, 0.5) is 5.95 Å². The third kappa shape index (κ3) is 3.48. The first-order chi connectivity index (χ1) is 10.7. The van der Waals surface area contributed by atoms with Crippen molar-refractivity contribution in [2.45, 2.75) is 13.0 Å². The van der Waals surface area contributed by atoms with Gasteiger partial charge in [0.05, 0.1) is 0 Å². The van der Waals surface area contributed by atoms with Crippen molar-refractivity contribution in [3.63, 3.8) is 0 Å². The van der Waals surface area contributed by atoms with Gasteiger partial charge in [-0.3, -0.25) is 0 Å². The lowest BCUT2D eigenvalue weighted by molar-refractivity contribution is 0.217. The maximum atomic E-state index is 6.21. The molecule has 0 radical (unpaired) electrons. The summed E-state index contributed by atoms with van der Waals surface area (Å²) in [5, 5.41) is 4.02. The fraction of sp³-hybridized carbons (Fsp3) is 0.375. The third-order valence-electron chi connectivity index (χ3n) is 3.66. The number of hydrogen-bond acceptors (Lipinski definition) is 5. The van der Waals surface area contributed by atoms with Crippen LogP contribution in [0.2, 0.25) is 5.02 Å². The molecule has 1 fully saturated rings. The maximum Gasteiger partial charge on any atom is 0.228 e. The molecule has 1 atom stereocenters. The fourth-order valence-electron chi connectivity index (χ4n) is 2.46. The van der Waals surface area contributed by atoms with Gasteiger partial charge in [-0.1, -0.05) is 29.8 Å². The van der Waals surface area contributed by atoms with Gasteiger partial charge >= 0.3 is 0 Å². The highest BCUT2D eigenvalue weighted by Gasteiger charge is 2.15. The van der Waals surface area contributed by atoms with Crippen molar-refractivity contribution in [2.75, 3.05) is 31.1 Å². The largest absolute Gasteiger partial charge is 0.470 e. The third-order valence-corrected chi connectivity index (χ3v) is 4.00. The Kier molecular flexibility index (Phi) is 4.75. The first-order valence-corrected chi connectivity index (χ1v) is 7.81. The van der Waals surface area contributed by atoms with Crippen molar-refractivity contribution in [1.82, 2.24) is 15.3 Å². The van der Waals surface area contributed by atoms with E-state index in [2.05, 4.69) is 20.2 Å². The van der Waals surface area contributed by atoms with Gasteiger partial charge in [0.25, 0.3) is 0 Å². The van der Waals surface area contributed by atoms with Gasteiger partial charge in [-0.2, -0.15) is 4.98 Å². The van der Waals surface area contributed by atoms with Crippen molar-refractivity contribution in [2.24, 2.45) is 0 Å². The maximum absolute atomic E-state index is 6.21. The second-order valence-corrected chi connectivity index (χ2v) is 5.62. The normalized spacial score (nSPS) is 16.4. The smallest absolute Gasteiger partial charge is 0.228 e. The van der Waals surface area contributed by atoms with Gasteiger partial charge in [-0.05, 0) is 13.0 Å². The Hall–Kier alpha value is -1.85. The van der Waals surface area contributed by atoms with E-state index in [0.717, 1.165) is 31.7 Å². The highest BCUT2D eigenvalue weighted by molar-refractivity contribution is 6.31. The van der Waals surface area contributed by atoms with Crippen LogP contribution in [0.15, 0.2) is 36.5 Å². The summed E-state index contributed by atoms with van der Waals surface area (Å²) in [6.45, 7) is 5.68. The van der Waals surface area contributed by atoms with Gasteiger partial charge in [0.15, 0.2) is 0 Å². The molecule has 1 aliphatic heterocycles. The molecular weight excluding hydrogens is 300 g/mol. The number of ether oxygens (including phenoxy) is 1. The van der Waals surface area contributed by atoms with E-state index >= 15 is 0 Å². The molecule has 3 rings (SSSR count). The summed E-state index contributed by atoms with van der Waals surface area (Å²) in [6.07, 6.45) is 1.57. The molecule has 0 spiro atoms. The number of rotatable bonds is 4. The van der Waals surface area contributed by atoms with E-state index in [1.54, 1.807) is 12.3 Å². The Labute approximate surface area is 135 Å². The van der Waals surface area contributed by atoms with Crippen LogP contribution in [0.25, 0.3) is 0 Å². The van der Waals surface area contributed by atoms with Crippen LogP contribution in [-0.4, -0.2) is 36.1 Å². The van der Waals surface area contributed by atoms with Gasteiger partial charge in [0.1, 0.15) is 6.10 Å². The monoisotopic (exact) mass is 318 g/mol. The lowest BCUT2D eigenvalue weighted by atomic mass is 10.1. The van der Waals surface area contributed by atoms with Gasteiger partial charge in [0.2, 0.25) is 11.8 Å². The zero-order chi connectivity index (χ0) is 15.4. The van der Waals surface area contributed by atoms with Crippen LogP contribution >= 0.6 is 11.6 Å². The molecule has 2 aromatic rings. The molecule has 5 nitrogen and oxygen atoms in total. The highest BCUT2D eigenvalue weighted by Crippen LogP contribution is 2.26. The molecule has 1 aliphatic rings. The Morgan fingerprint density at radius 1 is 1.23 bits per heavy atom. The van der Waals surface area contributed by atoms with Gasteiger partial charge in [-0.15, -0.1) is 0 Å². The van der Waals surface area contributed by atoms with Crippen molar-refractivity contribution in [3.8, 4) is 5.88 Å². The van der Waals surface area contributed by atoms with Crippen LogP contribution in [-0.2, 0) is 0 Å². The Balaban J connectivity index is 1.73. The number of anilines is 1. The molecule has 1 aromatic carbocycles. The molecule has 1 aromatic heterocycles. The number of piperazine rings is 1. The number of hydrogen-bond donors (Lipinski definition) is 1. The minimum atomic E-state index is -0.167. The summed E-state index contributed by atoms with van der Waals surface area (Å²) in [5.41, 5.74) is 0.950. The molecule has 22 heavy (non-hydrogen) atoms. The quantitative estimate of drug-likeness (QED) is 0.939. The standard InChI is InChI=1S/C16H19ClN4O/c1-12(13-4-2-3-5-14(13)17)22-15-6-7-19-16(20-15)21-10-8-18-9-11-21/h2-7,12,18H,8-11H2,1H3. The average Bonchev–Trinajstić information content (AvgIpc) is 2.56. The summed E-state index contributed by atoms with van der Waals surface area (Å²) in [6, 6.07) is 9.46. The van der Waals surface area contributed by atoms with Gasteiger partial charge in [0, 0.05) is 49.0 Å². The Morgan fingerprint density at radius 2 is 2.00 bits per heavy atom. The first-order valence-electron chi connectivity index (χ1n) is 7.44. The molecule has 1 N–H and O–H groups in total. The molecular formula is C16H19ClN4O. The average molecular weight is 319 g/mol. The summed E-state index contributed by atoms with van der Waals surface area (Å²) >= 11 is 6.21. The van der Waals surface area contributed by atoms with E-state index in [4.69, 9.17) is 16.3 Å². The SMILES string of the molecule is CC(Oc1ccnc(N2CCNCC2)n1)c1ccccc1Cl. The first kappa shape index (κ1) is 15.1. The van der Waals surface area contributed by atoms with E-state index in [1.165, 1.54) is 0 Å². The molecule has 116 valence electrons. The Morgan fingerprint density at radius 3 is 2.77 bits per heavy atom. The molecule has 0 bridgehead atoms. The minimum absolute atomic E-state index is 0.167. The summed E-state index contributed by atoms with van der Waals surface area (Å²) in [7, 11) is 0. The Bertz CT molecular complexity index is 631. The highest BCUT2D eigenvalue weighted by atomic mass is 35.5. The number of benzene rings is 1. The predicted octanol–water partition coefficient (Wildman–Crippen LogP) is 2.68. The molecule has 2 heterocycles. The van der Waals surface area contributed by atoms with Crippen LogP contribution in [0.5, 0.6) is 5.88 Å². The van der Waals surface area contributed by atoms with Crippen molar-refractivity contribution in [1.29, 1.82) is 0 Å². The van der Waals surface area contributed by atoms with Crippen LogP contribution in [0.1, 0.15) is 18.6 Å².